The minimum absolute atomic E-state index is 0.108. The highest BCUT2D eigenvalue weighted by molar-refractivity contribution is 5.64. The number of aliphatic hydroxyl groups excluding tert-OH is 1. The number of nitrogens with one attached hydrogen (secondary N) is 2. The molecule has 0 aliphatic heterocycles. The quantitative estimate of drug-likeness (QED) is 0.524. The van der Waals surface area contributed by atoms with Crippen molar-refractivity contribution in [3.63, 3.8) is 0 Å². The van der Waals surface area contributed by atoms with Gasteiger partial charge in [0.25, 0.3) is 0 Å². The Morgan fingerprint density at radius 3 is 2.93 bits per heavy atom. The maximum atomic E-state index is 10.1. The molecular formula is C9H13N3O3. The molecule has 0 bridgehead atoms. The Morgan fingerprint density at radius 2 is 2.27 bits per heavy atom. The standard InChI is InChI=1S/C9H13N3O3/c13-6-8-5-7(1-2-10-8)11-3-4-12-9(14)15/h1-2,5,12-13H,3-4,6H2,(H,10,11)(H,14,15). The van der Waals surface area contributed by atoms with Gasteiger partial charge in [0.05, 0.1) is 12.3 Å². The largest absolute Gasteiger partial charge is 0.465 e. The van der Waals surface area contributed by atoms with Crippen LogP contribution in [0.3, 0.4) is 0 Å². The van der Waals surface area contributed by atoms with Crippen LogP contribution in [0.5, 0.6) is 0 Å². The molecule has 0 saturated heterocycles. The Hall–Kier alpha value is -1.82. The lowest BCUT2D eigenvalue weighted by Crippen LogP contribution is -2.26. The lowest BCUT2D eigenvalue weighted by atomic mass is 10.3. The summed E-state index contributed by atoms with van der Waals surface area (Å²) in [6.07, 6.45) is 0.543. The molecule has 0 aromatic carbocycles. The van der Waals surface area contributed by atoms with Gasteiger partial charge < -0.3 is 20.8 Å². The first-order valence-electron chi connectivity index (χ1n) is 4.49. The van der Waals surface area contributed by atoms with Crippen molar-refractivity contribution in [2.75, 3.05) is 18.4 Å². The molecule has 6 nitrogen and oxygen atoms in total. The number of pyridine rings is 1. The van der Waals surface area contributed by atoms with Gasteiger partial charge in [0.1, 0.15) is 0 Å². The Labute approximate surface area is 87.0 Å². The minimum Gasteiger partial charge on any atom is -0.465 e. The average molecular weight is 211 g/mol. The second-order valence-electron chi connectivity index (χ2n) is 2.85. The van der Waals surface area contributed by atoms with Gasteiger partial charge in [0.15, 0.2) is 0 Å². The topological polar surface area (TPSA) is 94.5 Å². The number of hydrogen-bond donors (Lipinski definition) is 4. The summed E-state index contributed by atoms with van der Waals surface area (Å²) in [7, 11) is 0. The summed E-state index contributed by atoms with van der Waals surface area (Å²) in [4.78, 5) is 14.0. The zero-order chi connectivity index (χ0) is 11.1. The SMILES string of the molecule is O=C(O)NCCNc1ccnc(CO)c1. The molecule has 0 atom stereocenters. The Kier molecular flexibility index (Phi) is 4.36. The van der Waals surface area contributed by atoms with Crippen molar-refractivity contribution in [1.82, 2.24) is 10.3 Å². The molecule has 0 aliphatic rings. The van der Waals surface area contributed by atoms with Gasteiger partial charge in [-0.2, -0.15) is 0 Å². The van der Waals surface area contributed by atoms with Crippen LogP contribution in [0.25, 0.3) is 0 Å². The van der Waals surface area contributed by atoms with Crippen LogP contribution < -0.4 is 10.6 Å². The molecule has 1 rings (SSSR count). The van der Waals surface area contributed by atoms with Crippen LogP contribution in [0.1, 0.15) is 5.69 Å². The zero-order valence-electron chi connectivity index (χ0n) is 8.10. The van der Waals surface area contributed by atoms with E-state index in [0.29, 0.717) is 18.8 Å². The lowest BCUT2D eigenvalue weighted by molar-refractivity contribution is 0.195. The number of hydrogen-bond acceptors (Lipinski definition) is 4. The number of carboxylic acid groups (broad SMARTS) is 1. The molecule has 0 unspecified atom stereocenters. The smallest absolute Gasteiger partial charge is 0.404 e. The average Bonchev–Trinajstić information content (AvgIpc) is 2.24. The monoisotopic (exact) mass is 211 g/mol. The summed E-state index contributed by atoms with van der Waals surface area (Å²) in [5, 5.41) is 22.4. The van der Waals surface area contributed by atoms with Crippen LogP contribution in [0.2, 0.25) is 0 Å². The normalized spacial score (nSPS) is 9.67. The maximum Gasteiger partial charge on any atom is 0.404 e. The molecule has 4 N–H and O–H groups in total. The fraction of sp³-hybridized carbons (Fsp3) is 0.333. The number of aromatic nitrogens is 1. The minimum atomic E-state index is -1.04. The summed E-state index contributed by atoms with van der Waals surface area (Å²) in [5.74, 6) is 0. The van der Waals surface area contributed by atoms with E-state index >= 15 is 0 Å². The molecular weight excluding hydrogens is 198 g/mol. The van der Waals surface area contributed by atoms with E-state index in [9.17, 15) is 4.79 Å². The number of carbonyl (C=O) groups is 1. The molecule has 6 heteroatoms. The zero-order valence-corrected chi connectivity index (χ0v) is 8.10. The van der Waals surface area contributed by atoms with Crippen molar-refractivity contribution >= 4 is 11.8 Å². The summed E-state index contributed by atoms with van der Waals surface area (Å²) in [6.45, 7) is 0.705. The molecule has 0 saturated carbocycles. The van der Waals surface area contributed by atoms with Crippen LogP contribution >= 0.6 is 0 Å². The van der Waals surface area contributed by atoms with Crippen molar-refractivity contribution in [1.29, 1.82) is 0 Å². The van der Waals surface area contributed by atoms with E-state index in [4.69, 9.17) is 10.2 Å². The Balaban J connectivity index is 2.33. The van der Waals surface area contributed by atoms with Gasteiger partial charge in [0, 0.05) is 25.0 Å². The van der Waals surface area contributed by atoms with Gasteiger partial charge in [0.2, 0.25) is 0 Å². The molecule has 0 spiro atoms. The van der Waals surface area contributed by atoms with Crippen LogP contribution in [0, 0.1) is 0 Å². The predicted molar refractivity (Wildman–Crippen MR) is 54.7 cm³/mol. The fourth-order valence-electron chi connectivity index (χ4n) is 1.05. The predicted octanol–water partition coefficient (Wildman–Crippen LogP) is 0.253. The summed E-state index contributed by atoms with van der Waals surface area (Å²) < 4.78 is 0. The van der Waals surface area contributed by atoms with Gasteiger partial charge in [-0.05, 0) is 12.1 Å². The first-order chi connectivity index (χ1) is 7.22. The third kappa shape index (κ3) is 4.28. The number of anilines is 1. The van der Waals surface area contributed by atoms with Crippen LogP contribution in [0.15, 0.2) is 18.3 Å². The fourth-order valence-corrected chi connectivity index (χ4v) is 1.05. The highest BCUT2D eigenvalue weighted by atomic mass is 16.4. The van der Waals surface area contributed by atoms with Gasteiger partial charge >= 0.3 is 6.09 Å². The van der Waals surface area contributed by atoms with Gasteiger partial charge in [-0.1, -0.05) is 0 Å². The molecule has 1 aromatic rings. The molecule has 0 aliphatic carbocycles. The van der Waals surface area contributed by atoms with E-state index in [-0.39, 0.29) is 6.61 Å². The highest BCUT2D eigenvalue weighted by Crippen LogP contribution is 2.06. The van der Waals surface area contributed by atoms with E-state index in [1.165, 1.54) is 0 Å². The van der Waals surface area contributed by atoms with Crippen LogP contribution in [-0.4, -0.2) is 34.4 Å². The van der Waals surface area contributed by atoms with Crippen molar-refractivity contribution < 1.29 is 15.0 Å². The van der Waals surface area contributed by atoms with Crippen molar-refractivity contribution in [3.8, 4) is 0 Å². The van der Waals surface area contributed by atoms with E-state index in [2.05, 4.69) is 15.6 Å². The van der Waals surface area contributed by atoms with Crippen molar-refractivity contribution in [2.45, 2.75) is 6.61 Å². The number of amides is 1. The van der Waals surface area contributed by atoms with Crippen molar-refractivity contribution in [2.24, 2.45) is 0 Å². The molecule has 15 heavy (non-hydrogen) atoms. The maximum absolute atomic E-state index is 10.1. The van der Waals surface area contributed by atoms with Crippen LogP contribution in [0.4, 0.5) is 10.5 Å². The van der Waals surface area contributed by atoms with E-state index in [1.807, 2.05) is 0 Å². The van der Waals surface area contributed by atoms with Crippen molar-refractivity contribution in [3.05, 3.63) is 24.0 Å². The molecule has 1 amide bonds. The van der Waals surface area contributed by atoms with Gasteiger partial charge in [-0.3, -0.25) is 4.98 Å². The Morgan fingerprint density at radius 1 is 1.47 bits per heavy atom. The number of nitrogens with zero attached hydrogens (tertiary/aromatic N) is 1. The summed E-state index contributed by atoms with van der Waals surface area (Å²) in [6, 6.07) is 3.46. The number of rotatable bonds is 5. The van der Waals surface area contributed by atoms with Gasteiger partial charge in [-0.15, -0.1) is 0 Å². The van der Waals surface area contributed by atoms with E-state index in [0.717, 1.165) is 5.69 Å². The molecule has 1 aromatic heterocycles. The molecule has 0 fully saturated rings. The van der Waals surface area contributed by atoms with Crippen LogP contribution in [-0.2, 0) is 6.61 Å². The summed E-state index contributed by atoms with van der Waals surface area (Å²) in [5.41, 5.74) is 1.38. The molecule has 1 heterocycles. The second kappa shape index (κ2) is 5.82. The third-order valence-corrected chi connectivity index (χ3v) is 1.71. The Bertz CT molecular complexity index is 330. The third-order valence-electron chi connectivity index (χ3n) is 1.71. The lowest BCUT2D eigenvalue weighted by Gasteiger charge is -2.06. The second-order valence-corrected chi connectivity index (χ2v) is 2.85. The van der Waals surface area contributed by atoms with E-state index in [1.54, 1.807) is 18.3 Å². The number of aliphatic hydroxyl groups is 1. The summed E-state index contributed by atoms with van der Waals surface area (Å²) >= 11 is 0. The van der Waals surface area contributed by atoms with E-state index < -0.39 is 6.09 Å². The first kappa shape index (κ1) is 11.3. The molecule has 82 valence electrons. The highest BCUT2D eigenvalue weighted by Gasteiger charge is 1.96. The molecule has 0 radical (unpaired) electrons. The van der Waals surface area contributed by atoms with Gasteiger partial charge in [-0.25, -0.2) is 4.79 Å². The first-order valence-corrected chi connectivity index (χ1v) is 4.49.